The first-order valence-corrected chi connectivity index (χ1v) is 10.3. The second-order valence-corrected chi connectivity index (χ2v) is 8.21. The highest BCUT2D eigenvalue weighted by molar-refractivity contribution is 8.01. The molecule has 0 saturated carbocycles. The minimum atomic E-state index is -0.869. The smallest absolute Gasteiger partial charge is 0.239 e. The van der Waals surface area contributed by atoms with Gasteiger partial charge in [-0.05, 0) is 50.1 Å². The van der Waals surface area contributed by atoms with Crippen molar-refractivity contribution < 1.29 is 23.7 Å². The zero-order valence-corrected chi connectivity index (χ0v) is 18.0. The summed E-state index contributed by atoms with van der Waals surface area (Å²) in [5.41, 5.74) is -0.232. The highest BCUT2D eigenvalue weighted by Gasteiger charge is 2.42. The van der Waals surface area contributed by atoms with Crippen LogP contribution in [0, 0.1) is 6.92 Å². The summed E-state index contributed by atoms with van der Waals surface area (Å²) in [6.45, 7) is 4.42. The molecule has 0 radical (unpaired) electrons. The lowest BCUT2D eigenvalue weighted by molar-refractivity contribution is -0.175. The quantitative estimate of drug-likeness (QED) is 0.520. The van der Waals surface area contributed by atoms with Crippen LogP contribution in [0.1, 0.15) is 12.7 Å². The van der Waals surface area contributed by atoms with Crippen molar-refractivity contribution in [2.45, 2.75) is 24.7 Å². The van der Waals surface area contributed by atoms with Crippen LogP contribution in [0.5, 0.6) is 11.5 Å². The molecule has 1 aliphatic heterocycles. The van der Waals surface area contributed by atoms with Gasteiger partial charge in [-0.25, -0.2) is 0 Å². The van der Waals surface area contributed by atoms with Gasteiger partial charge in [0.2, 0.25) is 11.8 Å². The molecule has 2 aromatic heterocycles. The Morgan fingerprint density at radius 1 is 1.17 bits per heavy atom. The van der Waals surface area contributed by atoms with E-state index in [1.165, 1.54) is 11.9 Å². The Balaban J connectivity index is 1.78. The summed E-state index contributed by atoms with van der Waals surface area (Å²) < 4.78 is 27.2. The van der Waals surface area contributed by atoms with Crippen molar-refractivity contribution in [2.75, 3.05) is 32.2 Å². The Labute approximate surface area is 178 Å². The van der Waals surface area contributed by atoms with Crippen molar-refractivity contribution in [1.29, 1.82) is 0 Å². The van der Waals surface area contributed by atoms with E-state index in [0.29, 0.717) is 47.9 Å². The van der Waals surface area contributed by atoms with Gasteiger partial charge in [-0.15, -0.1) is 10.2 Å². The minimum absolute atomic E-state index is 0.134. The van der Waals surface area contributed by atoms with Crippen molar-refractivity contribution in [1.82, 2.24) is 14.8 Å². The Kier molecular flexibility index (Phi) is 5.63. The molecular weight excluding hydrogens is 408 g/mol. The largest absolute Gasteiger partial charge is 0.494 e. The van der Waals surface area contributed by atoms with Crippen LogP contribution in [-0.2, 0) is 4.74 Å². The van der Waals surface area contributed by atoms with Crippen LogP contribution >= 0.6 is 11.9 Å². The number of nitrogens with one attached hydrogen (secondary N) is 1. The highest BCUT2D eigenvalue weighted by atomic mass is 32.2. The molecule has 30 heavy (non-hydrogen) atoms. The van der Waals surface area contributed by atoms with Crippen LogP contribution in [0.4, 0.5) is 5.95 Å². The Hall–Kier alpha value is -2.69. The molecule has 1 aromatic carbocycles. The number of aryl methyl sites for hydroxylation is 1. The first kappa shape index (κ1) is 20.6. The van der Waals surface area contributed by atoms with Gasteiger partial charge in [-0.1, -0.05) is 6.07 Å². The van der Waals surface area contributed by atoms with E-state index >= 15 is 0 Å². The van der Waals surface area contributed by atoms with Gasteiger partial charge < -0.3 is 23.7 Å². The van der Waals surface area contributed by atoms with Gasteiger partial charge in [0.25, 0.3) is 0 Å². The van der Waals surface area contributed by atoms with Gasteiger partial charge in [0.05, 0.1) is 32.7 Å². The van der Waals surface area contributed by atoms with Gasteiger partial charge in [0, 0.05) is 0 Å². The minimum Gasteiger partial charge on any atom is -0.494 e. The van der Waals surface area contributed by atoms with Crippen LogP contribution in [0.3, 0.4) is 0 Å². The lowest BCUT2D eigenvalue weighted by Gasteiger charge is -2.40. The maximum absolute atomic E-state index is 10.5. The fraction of sp³-hybridized carbons (Fsp3) is 0.400. The maximum Gasteiger partial charge on any atom is 0.239 e. The third-order valence-corrected chi connectivity index (χ3v) is 6.13. The van der Waals surface area contributed by atoms with Crippen molar-refractivity contribution in [3.05, 3.63) is 36.1 Å². The van der Waals surface area contributed by atoms with E-state index in [-0.39, 0.29) is 5.25 Å². The van der Waals surface area contributed by atoms with E-state index in [4.69, 9.17) is 18.6 Å². The summed E-state index contributed by atoms with van der Waals surface area (Å²) in [7, 11) is 3.19. The standard InChI is InChI=1S/C20H24N4O5S/c1-12-8-9-16(29-12)18-21-22-19(23-30-13(2)20(25)10-28-11-20)24(18)17-14(26-3)6-5-7-15(17)27-4/h5-9,13,25H,10-11H2,1-4H3,(H,22,23). The zero-order valence-electron chi connectivity index (χ0n) is 17.2. The number of aromatic nitrogens is 3. The monoisotopic (exact) mass is 432 g/mol. The lowest BCUT2D eigenvalue weighted by atomic mass is 9.99. The molecule has 1 aliphatic rings. The molecule has 1 atom stereocenters. The second kappa shape index (κ2) is 8.21. The first-order valence-electron chi connectivity index (χ1n) is 9.42. The van der Waals surface area contributed by atoms with Crippen LogP contribution in [-0.4, -0.2) is 58.2 Å². The predicted molar refractivity (Wildman–Crippen MR) is 113 cm³/mol. The fourth-order valence-electron chi connectivity index (χ4n) is 3.13. The molecule has 0 spiro atoms. The van der Waals surface area contributed by atoms with Crippen molar-refractivity contribution in [3.8, 4) is 28.8 Å². The number of aliphatic hydroxyl groups is 1. The number of nitrogens with zero attached hydrogens (tertiary/aromatic N) is 3. The summed E-state index contributed by atoms with van der Waals surface area (Å²) in [5, 5.41) is 19.0. The van der Waals surface area contributed by atoms with Crippen molar-refractivity contribution in [3.63, 3.8) is 0 Å². The molecule has 1 fully saturated rings. The highest BCUT2D eigenvalue weighted by Crippen LogP contribution is 2.39. The molecule has 0 bridgehead atoms. The second-order valence-electron chi connectivity index (χ2n) is 7.06. The topological polar surface area (TPSA) is 104 Å². The third-order valence-electron chi connectivity index (χ3n) is 5.04. The number of anilines is 1. The molecule has 160 valence electrons. The van der Waals surface area contributed by atoms with E-state index in [2.05, 4.69) is 14.9 Å². The van der Waals surface area contributed by atoms with Crippen LogP contribution in [0.15, 0.2) is 34.7 Å². The number of hydrogen-bond acceptors (Lipinski definition) is 9. The van der Waals surface area contributed by atoms with Crippen LogP contribution in [0.2, 0.25) is 0 Å². The van der Waals surface area contributed by atoms with Gasteiger partial charge in [-0.3, -0.25) is 9.29 Å². The number of para-hydroxylation sites is 1. The Morgan fingerprint density at radius 2 is 1.87 bits per heavy atom. The van der Waals surface area contributed by atoms with Crippen LogP contribution < -0.4 is 14.2 Å². The molecule has 10 heteroatoms. The summed E-state index contributed by atoms with van der Waals surface area (Å²) in [5.74, 6) is 3.44. The number of benzene rings is 1. The van der Waals surface area contributed by atoms with Gasteiger partial charge >= 0.3 is 0 Å². The van der Waals surface area contributed by atoms with E-state index in [0.717, 1.165) is 5.76 Å². The molecule has 3 aromatic rings. The average Bonchev–Trinajstić information content (AvgIpc) is 3.35. The number of rotatable bonds is 8. The zero-order chi connectivity index (χ0) is 21.3. The van der Waals surface area contributed by atoms with Crippen molar-refractivity contribution >= 4 is 17.9 Å². The summed E-state index contributed by atoms with van der Waals surface area (Å²) in [6, 6.07) is 9.22. The molecule has 9 nitrogen and oxygen atoms in total. The number of ether oxygens (including phenoxy) is 3. The molecular formula is C20H24N4O5S. The number of methoxy groups -OCH3 is 2. The first-order chi connectivity index (χ1) is 14.5. The number of furan rings is 1. The summed E-state index contributed by atoms with van der Waals surface area (Å²) in [4.78, 5) is 0. The molecule has 1 unspecified atom stereocenters. The molecule has 2 N–H and O–H groups in total. The molecule has 3 heterocycles. The number of hydrogen-bond donors (Lipinski definition) is 2. The van der Waals surface area contributed by atoms with E-state index in [1.807, 2.05) is 44.2 Å². The Morgan fingerprint density at radius 3 is 2.40 bits per heavy atom. The fourth-order valence-corrected chi connectivity index (χ4v) is 3.89. The van der Waals surface area contributed by atoms with E-state index in [9.17, 15) is 5.11 Å². The maximum atomic E-state index is 10.5. The molecule has 1 saturated heterocycles. The van der Waals surface area contributed by atoms with E-state index < -0.39 is 5.60 Å². The summed E-state index contributed by atoms with van der Waals surface area (Å²) >= 11 is 1.35. The average molecular weight is 433 g/mol. The third kappa shape index (κ3) is 3.62. The molecule has 4 rings (SSSR count). The lowest BCUT2D eigenvalue weighted by Crippen LogP contribution is -2.56. The Bertz CT molecular complexity index is 1010. The molecule has 0 aliphatic carbocycles. The van der Waals surface area contributed by atoms with Gasteiger partial charge in [-0.2, -0.15) is 0 Å². The molecule has 0 amide bonds. The summed E-state index contributed by atoms with van der Waals surface area (Å²) in [6.07, 6.45) is 0. The van der Waals surface area contributed by atoms with Gasteiger partial charge in [0.1, 0.15) is 28.5 Å². The SMILES string of the molecule is COc1cccc(OC)c1-n1c(NSC(C)C2(O)COC2)nnc1-c1ccc(C)o1. The van der Waals surface area contributed by atoms with Crippen molar-refractivity contribution in [2.24, 2.45) is 0 Å². The van der Waals surface area contributed by atoms with Gasteiger partial charge in [0.15, 0.2) is 5.76 Å². The van der Waals surface area contributed by atoms with Crippen LogP contribution in [0.25, 0.3) is 17.3 Å². The van der Waals surface area contributed by atoms with E-state index in [1.54, 1.807) is 18.8 Å². The normalized spacial score (nSPS) is 16.0. The predicted octanol–water partition coefficient (Wildman–Crippen LogP) is 3.06.